The van der Waals surface area contributed by atoms with E-state index in [0.29, 0.717) is 11.6 Å². The van der Waals surface area contributed by atoms with Crippen LogP contribution in [0.15, 0.2) is 18.5 Å². The van der Waals surface area contributed by atoms with Crippen molar-refractivity contribution < 1.29 is 9.53 Å². The fourth-order valence-electron chi connectivity index (χ4n) is 3.63. The maximum atomic E-state index is 11.6. The van der Waals surface area contributed by atoms with Crippen LogP contribution < -0.4 is 10.6 Å². The van der Waals surface area contributed by atoms with E-state index in [-0.39, 0.29) is 6.10 Å². The molecule has 2 aliphatic rings. The lowest BCUT2D eigenvalue weighted by molar-refractivity contribution is -0.0525. The Morgan fingerprint density at radius 3 is 2.76 bits per heavy atom. The molecule has 0 aromatic carbocycles. The third-order valence-corrected chi connectivity index (χ3v) is 5.14. The van der Waals surface area contributed by atoms with Crippen LogP contribution in [-0.2, 0) is 4.74 Å². The molecule has 2 aliphatic heterocycles. The zero-order chi connectivity index (χ0) is 17.8. The van der Waals surface area contributed by atoms with Gasteiger partial charge in [-0.2, -0.15) is 0 Å². The van der Waals surface area contributed by atoms with Crippen molar-refractivity contribution in [3.63, 3.8) is 0 Å². The van der Waals surface area contributed by atoms with Gasteiger partial charge in [0.05, 0.1) is 24.0 Å². The first-order chi connectivity index (χ1) is 12.0. The quantitative estimate of drug-likeness (QED) is 0.832. The molecule has 2 saturated heterocycles. The molecule has 0 radical (unpaired) electrons. The second-order valence-corrected chi connectivity index (χ2v) is 7.13. The Morgan fingerprint density at radius 1 is 1.32 bits per heavy atom. The molecule has 0 spiro atoms. The molecule has 7 heteroatoms. The minimum absolute atomic E-state index is 0.282. The third kappa shape index (κ3) is 4.48. The van der Waals surface area contributed by atoms with Crippen LogP contribution in [0.5, 0.6) is 0 Å². The predicted molar refractivity (Wildman–Crippen MR) is 97.9 cm³/mol. The summed E-state index contributed by atoms with van der Waals surface area (Å²) < 4.78 is 5.96. The van der Waals surface area contributed by atoms with Gasteiger partial charge in [0.15, 0.2) is 0 Å². The van der Waals surface area contributed by atoms with Crippen molar-refractivity contribution in [2.45, 2.75) is 26.0 Å². The maximum Gasteiger partial charge on any atom is 0.252 e. The second-order valence-electron chi connectivity index (χ2n) is 7.13. The highest BCUT2D eigenvalue weighted by atomic mass is 16.5. The van der Waals surface area contributed by atoms with Crippen molar-refractivity contribution in [1.29, 1.82) is 0 Å². The van der Waals surface area contributed by atoms with E-state index in [4.69, 9.17) is 10.5 Å². The Morgan fingerprint density at radius 2 is 2.08 bits per heavy atom. The number of nitrogens with two attached hydrogens (primary N) is 1. The minimum atomic E-state index is -0.421. The highest BCUT2D eigenvalue weighted by Gasteiger charge is 2.26. The first-order valence-electron chi connectivity index (χ1n) is 9.11. The summed E-state index contributed by atoms with van der Waals surface area (Å²) in [5.74, 6) is -0.421. The van der Waals surface area contributed by atoms with Gasteiger partial charge in [-0.3, -0.25) is 19.6 Å². The third-order valence-electron chi connectivity index (χ3n) is 5.14. The molecule has 3 heterocycles. The van der Waals surface area contributed by atoms with Crippen LogP contribution in [0.4, 0.5) is 5.69 Å². The lowest BCUT2D eigenvalue weighted by Crippen LogP contribution is -2.53. The minimum Gasteiger partial charge on any atom is -0.374 e. The molecular formula is C18H29N5O2. The summed E-state index contributed by atoms with van der Waals surface area (Å²) in [5.41, 5.74) is 6.86. The van der Waals surface area contributed by atoms with Crippen molar-refractivity contribution in [2.24, 2.45) is 5.73 Å². The Labute approximate surface area is 149 Å². The number of hydrogen-bond acceptors (Lipinski definition) is 6. The SMILES string of the molecule is CC(C)N1CCOC(CN2CCN(c3ccncc3C(N)=O)CC2)C1. The summed E-state index contributed by atoms with van der Waals surface area (Å²) in [7, 11) is 0. The van der Waals surface area contributed by atoms with E-state index in [0.717, 1.165) is 58.1 Å². The first-order valence-corrected chi connectivity index (χ1v) is 9.11. The number of piperazine rings is 1. The van der Waals surface area contributed by atoms with Gasteiger partial charge in [-0.1, -0.05) is 0 Å². The zero-order valence-corrected chi connectivity index (χ0v) is 15.2. The van der Waals surface area contributed by atoms with Crippen LogP contribution in [0.2, 0.25) is 0 Å². The van der Waals surface area contributed by atoms with Crippen LogP contribution in [0.3, 0.4) is 0 Å². The number of anilines is 1. The summed E-state index contributed by atoms with van der Waals surface area (Å²) in [5, 5.41) is 0. The number of pyridine rings is 1. The Balaban J connectivity index is 1.53. The van der Waals surface area contributed by atoms with Crippen LogP contribution in [0, 0.1) is 0 Å². The van der Waals surface area contributed by atoms with Gasteiger partial charge in [0, 0.05) is 64.2 Å². The maximum absolute atomic E-state index is 11.6. The molecule has 0 bridgehead atoms. The molecule has 1 aromatic rings. The largest absolute Gasteiger partial charge is 0.374 e. The number of nitrogens with zero attached hydrogens (tertiary/aromatic N) is 4. The summed E-state index contributed by atoms with van der Waals surface area (Å²) in [6, 6.07) is 2.45. The van der Waals surface area contributed by atoms with Gasteiger partial charge in [0.1, 0.15) is 0 Å². The molecule has 0 aliphatic carbocycles. The van der Waals surface area contributed by atoms with Crippen molar-refractivity contribution in [3.8, 4) is 0 Å². The lowest BCUT2D eigenvalue weighted by atomic mass is 10.1. The number of primary amides is 1. The van der Waals surface area contributed by atoms with Gasteiger partial charge in [0.2, 0.25) is 0 Å². The average molecular weight is 347 g/mol. The summed E-state index contributed by atoms with van der Waals surface area (Å²) in [6.45, 7) is 12.0. The van der Waals surface area contributed by atoms with Gasteiger partial charge in [0.25, 0.3) is 5.91 Å². The van der Waals surface area contributed by atoms with E-state index in [1.165, 1.54) is 0 Å². The Hall–Kier alpha value is -1.70. The van der Waals surface area contributed by atoms with Crippen molar-refractivity contribution >= 4 is 11.6 Å². The van der Waals surface area contributed by atoms with Gasteiger partial charge in [-0.15, -0.1) is 0 Å². The van der Waals surface area contributed by atoms with Crippen LogP contribution >= 0.6 is 0 Å². The van der Waals surface area contributed by atoms with Crippen molar-refractivity contribution in [1.82, 2.24) is 14.8 Å². The van der Waals surface area contributed by atoms with Crippen LogP contribution in [-0.4, -0.2) is 85.3 Å². The number of hydrogen-bond donors (Lipinski definition) is 1. The number of carbonyl (C=O) groups excluding carboxylic acids is 1. The first kappa shape index (κ1) is 18.1. The summed E-state index contributed by atoms with van der Waals surface area (Å²) in [4.78, 5) is 22.8. The molecule has 1 atom stereocenters. The smallest absolute Gasteiger partial charge is 0.252 e. The highest BCUT2D eigenvalue weighted by Crippen LogP contribution is 2.21. The van der Waals surface area contributed by atoms with Crippen LogP contribution in [0.1, 0.15) is 24.2 Å². The lowest BCUT2D eigenvalue weighted by Gasteiger charge is -2.41. The fourth-order valence-corrected chi connectivity index (χ4v) is 3.63. The van der Waals surface area contributed by atoms with E-state index < -0.39 is 5.91 Å². The van der Waals surface area contributed by atoms with Gasteiger partial charge in [-0.05, 0) is 19.9 Å². The second kappa shape index (κ2) is 8.12. The molecule has 1 unspecified atom stereocenters. The number of aromatic nitrogens is 1. The standard InChI is InChI=1S/C18H29N5O2/c1-14(2)23-9-10-25-15(13-23)12-21-5-7-22(8-6-21)17-3-4-20-11-16(17)18(19)24/h3-4,11,14-15H,5-10,12-13H2,1-2H3,(H2,19,24). The van der Waals surface area contributed by atoms with Crippen molar-refractivity contribution in [2.75, 3.05) is 57.3 Å². The molecule has 25 heavy (non-hydrogen) atoms. The number of rotatable bonds is 5. The van der Waals surface area contributed by atoms with E-state index in [2.05, 4.69) is 33.5 Å². The Bertz CT molecular complexity index is 587. The van der Waals surface area contributed by atoms with Gasteiger partial charge < -0.3 is 15.4 Å². The fraction of sp³-hybridized carbons (Fsp3) is 0.667. The molecule has 138 valence electrons. The molecular weight excluding hydrogens is 318 g/mol. The number of carbonyl (C=O) groups is 1. The summed E-state index contributed by atoms with van der Waals surface area (Å²) in [6.07, 6.45) is 3.55. The monoisotopic (exact) mass is 347 g/mol. The van der Waals surface area contributed by atoms with Gasteiger partial charge >= 0.3 is 0 Å². The molecule has 2 N–H and O–H groups in total. The zero-order valence-electron chi connectivity index (χ0n) is 15.2. The van der Waals surface area contributed by atoms with E-state index in [1.807, 2.05) is 6.07 Å². The molecule has 0 saturated carbocycles. The molecule has 2 fully saturated rings. The molecule has 3 rings (SSSR count). The molecule has 1 amide bonds. The Kier molecular flexibility index (Phi) is 5.88. The van der Waals surface area contributed by atoms with Crippen molar-refractivity contribution in [3.05, 3.63) is 24.0 Å². The van der Waals surface area contributed by atoms with E-state index in [1.54, 1.807) is 12.4 Å². The predicted octanol–water partition coefficient (Wildman–Crippen LogP) is 0.412. The summed E-state index contributed by atoms with van der Waals surface area (Å²) >= 11 is 0. The number of ether oxygens (including phenoxy) is 1. The average Bonchev–Trinajstić information content (AvgIpc) is 2.62. The normalized spacial score (nSPS) is 23.2. The van der Waals surface area contributed by atoms with E-state index >= 15 is 0 Å². The van der Waals surface area contributed by atoms with Gasteiger partial charge in [-0.25, -0.2) is 0 Å². The topological polar surface area (TPSA) is 74.9 Å². The number of amides is 1. The molecule has 1 aromatic heterocycles. The highest BCUT2D eigenvalue weighted by molar-refractivity contribution is 5.98. The number of morpholine rings is 1. The van der Waals surface area contributed by atoms with Crippen LogP contribution in [0.25, 0.3) is 0 Å². The van der Waals surface area contributed by atoms with E-state index in [9.17, 15) is 4.79 Å². The molecule has 7 nitrogen and oxygen atoms in total.